The average Bonchev–Trinajstić information content (AvgIpc) is 3.61. The maximum absolute atomic E-state index is 12.1. The first-order valence-electron chi connectivity index (χ1n) is 14.7. The normalized spacial score (nSPS) is 21.6. The van der Waals surface area contributed by atoms with Gasteiger partial charge in [0.2, 0.25) is 5.91 Å². The van der Waals surface area contributed by atoms with E-state index < -0.39 is 17.8 Å². The number of hydrogen-bond acceptors (Lipinski definition) is 11. The molecule has 0 aliphatic carbocycles. The first kappa shape index (κ1) is 34.0. The fourth-order valence-corrected chi connectivity index (χ4v) is 6.52. The highest BCUT2D eigenvalue weighted by atomic mass is 32.2. The lowest BCUT2D eigenvalue weighted by Crippen LogP contribution is -2.40. The highest BCUT2D eigenvalue weighted by Crippen LogP contribution is 2.37. The molecule has 0 radical (unpaired) electrons. The van der Waals surface area contributed by atoms with Gasteiger partial charge in [-0.15, -0.1) is 5.06 Å². The number of carbonyl (C=O) groups excluding carboxylic acids is 5. The van der Waals surface area contributed by atoms with E-state index in [2.05, 4.69) is 10.6 Å². The lowest BCUT2D eigenvalue weighted by molar-refractivity contribution is -0.198. The lowest BCUT2D eigenvalue weighted by Gasteiger charge is -2.26. The van der Waals surface area contributed by atoms with Crippen LogP contribution in [0.1, 0.15) is 51.9 Å². The lowest BCUT2D eigenvalue weighted by atomic mass is 10.0. The van der Waals surface area contributed by atoms with Crippen molar-refractivity contribution in [2.45, 2.75) is 69.2 Å². The van der Waals surface area contributed by atoms with Gasteiger partial charge in [-0.2, -0.15) is 11.8 Å². The molecule has 3 atom stereocenters. The first-order valence-corrected chi connectivity index (χ1v) is 15.8. The molecule has 3 rings (SSSR count). The molecule has 14 nitrogen and oxygen atoms in total. The van der Waals surface area contributed by atoms with Crippen LogP contribution in [0.25, 0.3) is 0 Å². The van der Waals surface area contributed by atoms with Gasteiger partial charge in [-0.3, -0.25) is 14.4 Å². The van der Waals surface area contributed by atoms with Gasteiger partial charge in [-0.05, 0) is 19.8 Å². The van der Waals surface area contributed by atoms with Gasteiger partial charge < -0.3 is 39.3 Å². The van der Waals surface area contributed by atoms with E-state index in [4.69, 9.17) is 23.8 Å². The monoisotopic (exact) mass is 616 g/mol. The number of likely N-dealkylation sites (N-methyl/N-ethyl adjacent to an activating group) is 1. The second kappa shape index (κ2) is 18.9. The number of rotatable bonds is 22. The molecule has 0 bridgehead atoms. The fourth-order valence-electron chi connectivity index (χ4n) is 4.92. The minimum absolute atomic E-state index is 0.0239. The Morgan fingerprint density at radius 1 is 0.881 bits per heavy atom. The van der Waals surface area contributed by atoms with Crippen LogP contribution in [0.5, 0.6) is 0 Å². The van der Waals surface area contributed by atoms with E-state index in [1.807, 2.05) is 23.6 Å². The van der Waals surface area contributed by atoms with E-state index in [1.165, 1.54) is 0 Å². The summed E-state index contributed by atoms with van der Waals surface area (Å²) >= 11 is 1.93. The standard InChI is InChI=1S/C27H44N4O10S/c1-2-30-26-20(29-27(30)36)19-42-21(26)5-3-4-6-22(32)28-10-12-38-14-16-40-18-17-39-15-13-37-11-9-25(35)41-31-23(33)7-8-24(31)34/h20-21,26H,2-19H2,1H3,(H,28,32)(H,29,36)/t20?,21-,26?/m0/s1. The first-order chi connectivity index (χ1) is 20.4. The maximum atomic E-state index is 12.1. The number of carbonyl (C=O) groups is 5. The number of hydrogen-bond donors (Lipinski definition) is 2. The van der Waals surface area contributed by atoms with Crippen molar-refractivity contribution in [3.8, 4) is 0 Å². The molecule has 3 heterocycles. The number of nitrogens with one attached hydrogen (secondary N) is 2. The summed E-state index contributed by atoms with van der Waals surface area (Å²) in [5.74, 6) is -0.738. The van der Waals surface area contributed by atoms with Crippen molar-refractivity contribution in [1.29, 1.82) is 0 Å². The molecule has 5 amide bonds. The highest BCUT2D eigenvalue weighted by molar-refractivity contribution is 8.00. The van der Waals surface area contributed by atoms with Crippen LogP contribution in [0, 0.1) is 0 Å². The number of nitrogens with zero attached hydrogens (tertiary/aromatic N) is 2. The van der Waals surface area contributed by atoms with Crippen molar-refractivity contribution < 1.29 is 47.8 Å². The molecular formula is C27H44N4O10S. The Labute approximate surface area is 250 Å². The van der Waals surface area contributed by atoms with Gasteiger partial charge >= 0.3 is 12.0 Å². The summed E-state index contributed by atoms with van der Waals surface area (Å²) in [6.45, 7) is 5.92. The molecular weight excluding hydrogens is 572 g/mol. The Balaban J connectivity index is 1.03. The van der Waals surface area contributed by atoms with Crippen molar-refractivity contribution in [2.24, 2.45) is 0 Å². The molecule has 2 unspecified atom stereocenters. The average molecular weight is 617 g/mol. The summed E-state index contributed by atoms with van der Waals surface area (Å²) in [6.07, 6.45) is 3.34. The minimum Gasteiger partial charge on any atom is -0.378 e. The molecule has 0 spiro atoms. The quantitative estimate of drug-likeness (QED) is 0.0997. The molecule has 3 fully saturated rings. The number of imide groups is 1. The third-order valence-corrected chi connectivity index (χ3v) is 8.52. The molecule has 0 saturated carbocycles. The fraction of sp³-hybridized carbons (Fsp3) is 0.815. The van der Waals surface area contributed by atoms with Gasteiger partial charge in [0.15, 0.2) is 0 Å². The van der Waals surface area contributed by atoms with E-state index in [-0.39, 0.29) is 56.5 Å². The number of fused-ring (bicyclic) bond motifs is 1. The van der Waals surface area contributed by atoms with Crippen molar-refractivity contribution >= 4 is 41.5 Å². The van der Waals surface area contributed by atoms with Gasteiger partial charge in [-0.25, -0.2) is 9.59 Å². The van der Waals surface area contributed by atoms with Crippen LogP contribution in [0.15, 0.2) is 0 Å². The number of urea groups is 1. The molecule has 3 aliphatic heterocycles. The second-order valence-corrected chi connectivity index (χ2v) is 11.3. The zero-order chi connectivity index (χ0) is 30.2. The molecule has 3 aliphatic rings. The Morgan fingerprint density at radius 2 is 1.50 bits per heavy atom. The van der Waals surface area contributed by atoms with Gasteiger partial charge in [0.1, 0.15) is 0 Å². The van der Waals surface area contributed by atoms with Crippen molar-refractivity contribution in [1.82, 2.24) is 20.6 Å². The topological polar surface area (TPSA) is 162 Å². The SMILES string of the molecule is CCN1C(=O)NC2CS[C@@H](CCCCC(=O)NCCOCCOCCOCCOCCC(=O)ON3C(=O)CCC3=O)C21. The molecule has 238 valence electrons. The molecule has 15 heteroatoms. The molecule has 2 N–H and O–H groups in total. The predicted molar refractivity (Wildman–Crippen MR) is 151 cm³/mol. The number of amides is 5. The van der Waals surface area contributed by atoms with Crippen LogP contribution in [-0.4, -0.2) is 129 Å². The molecule has 0 aromatic carbocycles. The Kier molecular flexibility index (Phi) is 15.4. The molecule has 3 saturated heterocycles. The van der Waals surface area contributed by atoms with Crippen LogP contribution in [0.4, 0.5) is 4.79 Å². The van der Waals surface area contributed by atoms with Crippen LogP contribution < -0.4 is 10.6 Å². The number of thioether (sulfide) groups is 1. The number of unbranched alkanes of at least 4 members (excludes halogenated alkanes) is 1. The summed E-state index contributed by atoms with van der Waals surface area (Å²) in [4.78, 5) is 65.2. The van der Waals surface area contributed by atoms with Crippen LogP contribution in [-0.2, 0) is 43.0 Å². The largest absolute Gasteiger partial charge is 0.378 e. The summed E-state index contributed by atoms with van der Waals surface area (Å²) in [5.41, 5.74) is 0. The zero-order valence-electron chi connectivity index (χ0n) is 24.3. The van der Waals surface area contributed by atoms with E-state index in [0.717, 1.165) is 31.6 Å². The Bertz CT molecular complexity index is 894. The van der Waals surface area contributed by atoms with Gasteiger partial charge in [-0.1, -0.05) is 6.42 Å². The Morgan fingerprint density at radius 3 is 2.14 bits per heavy atom. The van der Waals surface area contributed by atoms with Crippen molar-refractivity contribution in [2.75, 3.05) is 71.7 Å². The molecule has 42 heavy (non-hydrogen) atoms. The van der Waals surface area contributed by atoms with Gasteiger partial charge in [0.25, 0.3) is 11.8 Å². The Hall–Kier alpha value is -2.46. The maximum Gasteiger partial charge on any atom is 0.335 e. The molecule has 0 aromatic heterocycles. The van der Waals surface area contributed by atoms with Crippen molar-refractivity contribution in [3.63, 3.8) is 0 Å². The van der Waals surface area contributed by atoms with E-state index in [1.54, 1.807) is 0 Å². The number of ether oxygens (including phenoxy) is 4. The smallest absolute Gasteiger partial charge is 0.335 e. The summed E-state index contributed by atoms with van der Waals surface area (Å²) < 4.78 is 21.6. The van der Waals surface area contributed by atoms with E-state index in [0.29, 0.717) is 62.9 Å². The predicted octanol–water partition coefficient (Wildman–Crippen LogP) is 0.624. The second-order valence-electron chi connectivity index (χ2n) is 10.0. The summed E-state index contributed by atoms with van der Waals surface area (Å²) in [5, 5.41) is 6.90. The third-order valence-electron chi connectivity index (χ3n) is 7.03. The van der Waals surface area contributed by atoms with Gasteiger partial charge in [0, 0.05) is 43.4 Å². The van der Waals surface area contributed by atoms with Crippen LogP contribution in [0.3, 0.4) is 0 Å². The number of hydroxylamine groups is 2. The summed E-state index contributed by atoms with van der Waals surface area (Å²) in [6, 6.07) is 0.578. The van der Waals surface area contributed by atoms with Gasteiger partial charge in [0.05, 0.1) is 71.4 Å². The van der Waals surface area contributed by atoms with E-state index >= 15 is 0 Å². The van der Waals surface area contributed by atoms with Crippen molar-refractivity contribution in [3.05, 3.63) is 0 Å². The highest BCUT2D eigenvalue weighted by Gasteiger charge is 2.47. The van der Waals surface area contributed by atoms with Crippen LogP contribution in [0.2, 0.25) is 0 Å². The minimum atomic E-state index is -0.702. The van der Waals surface area contributed by atoms with Crippen LogP contribution >= 0.6 is 11.8 Å². The molecule has 0 aromatic rings. The third kappa shape index (κ3) is 11.3. The zero-order valence-corrected chi connectivity index (χ0v) is 25.2. The van der Waals surface area contributed by atoms with E-state index in [9.17, 15) is 24.0 Å². The summed E-state index contributed by atoms with van der Waals surface area (Å²) in [7, 11) is 0.